The minimum Gasteiger partial charge on any atom is -0.455 e. The highest BCUT2D eigenvalue weighted by molar-refractivity contribution is 5.91. The highest BCUT2D eigenvalue weighted by Crippen LogP contribution is 2.32. The number of nitriles is 1. The Morgan fingerprint density at radius 3 is 2.67 bits per heavy atom. The van der Waals surface area contributed by atoms with E-state index in [1.165, 1.54) is 6.07 Å². The molecule has 1 N–H and O–H groups in total. The summed E-state index contributed by atoms with van der Waals surface area (Å²) in [5, 5.41) is 13.2. The number of morpholine rings is 1. The summed E-state index contributed by atoms with van der Waals surface area (Å²) in [6.45, 7) is 4.63. The molecule has 1 aliphatic heterocycles. The number of hydrogen-bond donors (Lipinski definition) is 1. The van der Waals surface area contributed by atoms with Crippen LogP contribution in [0.4, 0.5) is 5.88 Å². The van der Waals surface area contributed by atoms with Crippen molar-refractivity contribution in [2.24, 2.45) is 0 Å². The minimum atomic E-state index is -0.159. The molecule has 4 aromatic rings. The van der Waals surface area contributed by atoms with E-state index in [9.17, 15) is 10.1 Å². The number of nitrogens with zero attached hydrogens (tertiary/aromatic N) is 3. The molecular formula is C25H22N4O4. The van der Waals surface area contributed by atoms with Crippen LogP contribution in [0.25, 0.3) is 33.7 Å². The van der Waals surface area contributed by atoms with Gasteiger partial charge in [-0.05, 0) is 12.1 Å². The Hall–Kier alpha value is -3.93. The molecule has 0 saturated carbocycles. The Labute approximate surface area is 190 Å². The maximum atomic E-state index is 12.8. The second-order valence-electron chi connectivity index (χ2n) is 7.71. The van der Waals surface area contributed by atoms with Crippen LogP contribution in [0.2, 0.25) is 0 Å². The average Bonchev–Trinajstić information content (AvgIpc) is 3.28. The third-order valence-corrected chi connectivity index (χ3v) is 5.59. The lowest BCUT2D eigenvalue weighted by atomic mass is 10.1. The highest BCUT2D eigenvalue weighted by atomic mass is 16.5. The lowest BCUT2D eigenvalue weighted by molar-refractivity contribution is 0.0398. The number of hydrogen-bond acceptors (Lipinski definition) is 8. The Morgan fingerprint density at radius 1 is 1.06 bits per heavy atom. The first-order valence-electron chi connectivity index (χ1n) is 10.8. The summed E-state index contributed by atoms with van der Waals surface area (Å²) in [6, 6.07) is 18.2. The minimum absolute atomic E-state index is 0.158. The molecule has 1 fully saturated rings. The van der Waals surface area contributed by atoms with E-state index in [2.05, 4.69) is 21.3 Å². The van der Waals surface area contributed by atoms with Gasteiger partial charge < -0.3 is 18.9 Å². The lowest BCUT2D eigenvalue weighted by Gasteiger charge is -2.26. The Bertz CT molecular complexity index is 1360. The molecule has 33 heavy (non-hydrogen) atoms. The maximum Gasteiger partial charge on any atom is 0.233 e. The number of rotatable bonds is 6. The third kappa shape index (κ3) is 4.37. The Morgan fingerprint density at radius 2 is 1.88 bits per heavy atom. The first-order chi connectivity index (χ1) is 16.2. The van der Waals surface area contributed by atoms with Gasteiger partial charge in [-0.3, -0.25) is 9.69 Å². The zero-order chi connectivity index (χ0) is 22.6. The van der Waals surface area contributed by atoms with Crippen molar-refractivity contribution in [2.75, 3.05) is 44.7 Å². The van der Waals surface area contributed by atoms with Crippen LogP contribution in [-0.2, 0) is 4.74 Å². The standard InChI is InChI=1S/C25H22N4O4/c26-16-20-25(27-9-10-29-11-13-31-14-12-29)33-24(28-20)19-8-4-7-18-21(30)15-22(32-23(18)19)17-5-2-1-3-6-17/h1-8,15,27H,9-14H2. The van der Waals surface area contributed by atoms with Crippen molar-refractivity contribution in [1.29, 1.82) is 5.26 Å². The number of fused-ring (bicyclic) bond motifs is 1. The zero-order valence-electron chi connectivity index (χ0n) is 17.9. The van der Waals surface area contributed by atoms with Crippen molar-refractivity contribution >= 4 is 16.9 Å². The first kappa shape index (κ1) is 20.9. The topological polar surface area (TPSA) is 105 Å². The average molecular weight is 442 g/mol. The van der Waals surface area contributed by atoms with E-state index in [0.717, 1.165) is 38.4 Å². The molecule has 1 aliphatic rings. The molecule has 0 bridgehead atoms. The van der Waals surface area contributed by atoms with Crippen molar-refractivity contribution in [2.45, 2.75) is 0 Å². The SMILES string of the molecule is N#Cc1nc(-c2cccc3c(=O)cc(-c4ccccc4)oc23)oc1NCCN1CCOCC1. The molecule has 166 valence electrons. The van der Waals surface area contributed by atoms with Gasteiger partial charge in [0, 0.05) is 37.8 Å². The normalized spacial score (nSPS) is 14.3. The number of benzene rings is 2. The van der Waals surface area contributed by atoms with E-state index < -0.39 is 0 Å². The molecular weight excluding hydrogens is 420 g/mol. The van der Waals surface area contributed by atoms with E-state index in [-0.39, 0.29) is 17.0 Å². The summed E-state index contributed by atoms with van der Waals surface area (Å²) < 4.78 is 17.4. The fourth-order valence-electron chi connectivity index (χ4n) is 3.87. The molecule has 0 unspecified atom stereocenters. The monoisotopic (exact) mass is 442 g/mol. The number of para-hydroxylation sites is 1. The van der Waals surface area contributed by atoms with Crippen LogP contribution in [0.3, 0.4) is 0 Å². The molecule has 2 aromatic carbocycles. The molecule has 2 aromatic heterocycles. The second-order valence-corrected chi connectivity index (χ2v) is 7.71. The first-order valence-corrected chi connectivity index (χ1v) is 10.8. The zero-order valence-corrected chi connectivity index (χ0v) is 17.9. The lowest BCUT2D eigenvalue weighted by Crippen LogP contribution is -2.39. The van der Waals surface area contributed by atoms with Crippen LogP contribution >= 0.6 is 0 Å². The number of anilines is 1. The molecule has 0 amide bonds. The summed E-state index contributed by atoms with van der Waals surface area (Å²) in [5.74, 6) is 0.982. The predicted octanol–water partition coefficient (Wildman–Crippen LogP) is 3.73. The molecule has 5 rings (SSSR count). The predicted molar refractivity (Wildman–Crippen MR) is 124 cm³/mol. The Balaban J connectivity index is 1.48. The van der Waals surface area contributed by atoms with Gasteiger partial charge in [0.25, 0.3) is 0 Å². The fourth-order valence-corrected chi connectivity index (χ4v) is 3.87. The van der Waals surface area contributed by atoms with Gasteiger partial charge in [-0.1, -0.05) is 36.4 Å². The van der Waals surface area contributed by atoms with Crippen molar-refractivity contribution in [3.8, 4) is 28.8 Å². The molecule has 0 radical (unpaired) electrons. The molecule has 8 nitrogen and oxygen atoms in total. The number of nitrogens with one attached hydrogen (secondary N) is 1. The van der Waals surface area contributed by atoms with Gasteiger partial charge in [-0.15, -0.1) is 0 Å². The van der Waals surface area contributed by atoms with Crippen molar-refractivity contribution in [1.82, 2.24) is 9.88 Å². The molecule has 0 aliphatic carbocycles. The summed E-state index contributed by atoms with van der Waals surface area (Å²) in [5.41, 5.74) is 1.68. The summed E-state index contributed by atoms with van der Waals surface area (Å²) in [4.78, 5) is 19.4. The highest BCUT2D eigenvalue weighted by Gasteiger charge is 2.19. The largest absolute Gasteiger partial charge is 0.455 e. The quantitative estimate of drug-likeness (QED) is 0.482. The molecule has 1 saturated heterocycles. The maximum absolute atomic E-state index is 12.8. The molecule has 0 atom stereocenters. The number of aromatic nitrogens is 1. The van der Waals surface area contributed by atoms with E-state index >= 15 is 0 Å². The van der Waals surface area contributed by atoms with Crippen molar-refractivity contribution < 1.29 is 13.6 Å². The summed E-state index contributed by atoms with van der Waals surface area (Å²) in [6.07, 6.45) is 0. The smallest absolute Gasteiger partial charge is 0.233 e. The van der Waals surface area contributed by atoms with E-state index in [1.54, 1.807) is 18.2 Å². The van der Waals surface area contributed by atoms with Gasteiger partial charge in [-0.25, -0.2) is 0 Å². The van der Waals surface area contributed by atoms with Gasteiger partial charge in [0.2, 0.25) is 17.5 Å². The third-order valence-electron chi connectivity index (χ3n) is 5.59. The van der Waals surface area contributed by atoms with Gasteiger partial charge >= 0.3 is 0 Å². The van der Waals surface area contributed by atoms with Gasteiger partial charge in [0.15, 0.2) is 11.0 Å². The fraction of sp³-hybridized carbons (Fsp3) is 0.240. The van der Waals surface area contributed by atoms with Gasteiger partial charge in [0.1, 0.15) is 11.8 Å². The molecule has 0 spiro atoms. The van der Waals surface area contributed by atoms with Gasteiger partial charge in [-0.2, -0.15) is 10.2 Å². The molecule has 3 heterocycles. The summed E-state index contributed by atoms with van der Waals surface area (Å²) >= 11 is 0. The van der Waals surface area contributed by atoms with Crippen LogP contribution in [0.5, 0.6) is 0 Å². The van der Waals surface area contributed by atoms with Crippen LogP contribution in [0, 0.1) is 11.3 Å². The van der Waals surface area contributed by atoms with Crippen molar-refractivity contribution in [3.05, 3.63) is 70.5 Å². The van der Waals surface area contributed by atoms with E-state index in [4.69, 9.17) is 13.6 Å². The molecule has 8 heteroatoms. The van der Waals surface area contributed by atoms with E-state index in [0.29, 0.717) is 34.7 Å². The number of oxazole rings is 1. The van der Waals surface area contributed by atoms with Crippen molar-refractivity contribution in [3.63, 3.8) is 0 Å². The van der Waals surface area contributed by atoms with Crippen LogP contribution < -0.4 is 10.7 Å². The number of ether oxygens (including phenoxy) is 1. The van der Waals surface area contributed by atoms with Gasteiger partial charge in [0.05, 0.1) is 24.2 Å². The van der Waals surface area contributed by atoms with E-state index in [1.807, 2.05) is 30.3 Å². The van der Waals surface area contributed by atoms with Crippen LogP contribution in [0.15, 0.2) is 68.2 Å². The second kappa shape index (κ2) is 9.28. The van der Waals surface area contributed by atoms with Crippen LogP contribution in [0.1, 0.15) is 5.69 Å². The van der Waals surface area contributed by atoms with Crippen LogP contribution in [-0.4, -0.2) is 49.3 Å². The summed E-state index contributed by atoms with van der Waals surface area (Å²) in [7, 11) is 0. The Kier molecular flexibility index (Phi) is 5.89.